The Labute approximate surface area is 125 Å². The fourth-order valence-electron chi connectivity index (χ4n) is 5.22. The van der Waals surface area contributed by atoms with Crippen LogP contribution < -0.4 is 0 Å². The summed E-state index contributed by atoms with van der Waals surface area (Å²) in [6.45, 7) is 4.19. The molecule has 0 heterocycles. The van der Waals surface area contributed by atoms with Gasteiger partial charge in [0.15, 0.2) is 0 Å². The van der Waals surface area contributed by atoms with Gasteiger partial charge in [-0.2, -0.15) is 0 Å². The summed E-state index contributed by atoms with van der Waals surface area (Å²) in [4.78, 5) is 12.7. The van der Waals surface area contributed by atoms with Gasteiger partial charge in [0.25, 0.3) is 0 Å². The first-order valence-electron chi connectivity index (χ1n) is 9.23. The van der Waals surface area contributed by atoms with Gasteiger partial charge in [0.1, 0.15) is 5.78 Å². The third-order valence-electron chi connectivity index (χ3n) is 6.27. The molecule has 0 aromatic carbocycles. The Bertz CT molecular complexity index is 303. The molecule has 0 aliphatic heterocycles. The molecule has 0 aromatic heterocycles. The van der Waals surface area contributed by atoms with Crippen LogP contribution in [-0.2, 0) is 4.79 Å². The molecule has 20 heavy (non-hydrogen) atoms. The highest BCUT2D eigenvalue weighted by Gasteiger charge is 2.49. The minimum atomic E-state index is 0.0758. The molecule has 0 aromatic rings. The van der Waals surface area contributed by atoms with Crippen molar-refractivity contribution in [2.24, 2.45) is 17.3 Å². The largest absolute Gasteiger partial charge is 0.299 e. The molecular formula is C19H34O. The number of Topliss-reactive ketones (excluding diaryl/α,β-unsaturated/α-hetero) is 1. The zero-order valence-electron chi connectivity index (χ0n) is 13.8. The standard InChI is InChI=1S/C19H34O/c1-3-4-6-11-17-14-9-10-15-19(17,16(2)20)18-12-7-5-8-13-18/h17-18H,3-15H2,1-2H3. The molecule has 2 aliphatic rings. The lowest BCUT2D eigenvalue weighted by atomic mass is 9.54. The van der Waals surface area contributed by atoms with Gasteiger partial charge in [-0.05, 0) is 50.9 Å². The summed E-state index contributed by atoms with van der Waals surface area (Å²) in [6.07, 6.45) is 17.2. The molecule has 0 amide bonds. The van der Waals surface area contributed by atoms with Gasteiger partial charge in [-0.25, -0.2) is 0 Å². The maximum absolute atomic E-state index is 12.7. The molecule has 116 valence electrons. The number of unbranched alkanes of at least 4 members (excludes halogenated alkanes) is 2. The highest BCUT2D eigenvalue weighted by molar-refractivity contribution is 5.83. The summed E-state index contributed by atoms with van der Waals surface area (Å²) < 4.78 is 0. The molecular weight excluding hydrogens is 244 g/mol. The molecule has 0 N–H and O–H groups in total. The Balaban J connectivity index is 2.14. The average molecular weight is 278 g/mol. The monoisotopic (exact) mass is 278 g/mol. The summed E-state index contributed by atoms with van der Waals surface area (Å²) in [7, 11) is 0. The van der Waals surface area contributed by atoms with E-state index in [1.54, 1.807) is 0 Å². The molecule has 1 heteroatoms. The van der Waals surface area contributed by atoms with Crippen LogP contribution in [0.5, 0.6) is 0 Å². The maximum Gasteiger partial charge on any atom is 0.136 e. The third-order valence-corrected chi connectivity index (χ3v) is 6.27. The number of rotatable bonds is 6. The van der Waals surface area contributed by atoms with E-state index in [9.17, 15) is 4.79 Å². The van der Waals surface area contributed by atoms with Crippen LogP contribution >= 0.6 is 0 Å². The van der Waals surface area contributed by atoms with Gasteiger partial charge in [0.05, 0.1) is 0 Å². The average Bonchev–Trinajstić information content (AvgIpc) is 2.48. The normalized spacial score (nSPS) is 32.2. The second-order valence-electron chi connectivity index (χ2n) is 7.37. The SMILES string of the molecule is CCCCCC1CCCCC1(C(C)=O)C1CCCCC1. The van der Waals surface area contributed by atoms with Crippen LogP contribution in [0.2, 0.25) is 0 Å². The molecule has 2 saturated carbocycles. The number of ketones is 1. The van der Waals surface area contributed by atoms with E-state index < -0.39 is 0 Å². The quantitative estimate of drug-likeness (QED) is 0.552. The van der Waals surface area contributed by atoms with E-state index >= 15 is 0 Å². The molecule has 0 bridgehead atoms. The van der Waals surface area contributed by atoms with Crippen molar-refractivity contribution in [2.75, 3.05) is 0 Å². The van der Waals surface area contributed by atoms with E-state index in [1.807, 2.05) is 6.92 Å². The Morgan fingerprint density at radius 2 is 1.70 bits per heavy atom. The number of carbonyl (C=O) groups is 1. The van der Waals surface area contributed by atoms with Crippen molar-refractivity contribution in [1.82, 2.24) is 0 Å². The van der Waals surface area contributed by atoms with Crippen molar-refractivity contribution in [3.8, 4) is 0 Å². The number of carbonyl (C=O) groups excluding carboxylic acids is 1. The van der Waals surface area contributed by atoms with Crippen molar-refractivity contribution in [2.45, 2.75) is 97.3 Å². The van der Waals surface area contributed by atoms with Crippen LogP contribution in [0.15, 0.2) is 0 Å². The van der Waals surface area contributed by atoms with Gasteiger partial charge in [-0.3, -0.25) is 4.79 Å². The fraction of sp³-hybridized carbons (Fsp3) is 0.947. The van der Waals surface area contributed by atoms with Crippen LogP contribution in [0, 0.1) is 17.3 Å². The van der Waals surface area contributed by atoms with Gasteiger partial charge < -0.3 is 0 Å². The first-order valence-corrected chi connectivity index (χ1v) is 9.23. The molecule has 0 saturated heterocycles. The van der Waals surface area contributed by atoms with Crippen LogP contribution in [0.4, 0.5) is 0 Å². The minimum absolute atomic E-state index is 0.0758. The van der Waals surface area contributed by atoms with E-state index in [-0.39, 0.29) is 5.41 Å². The summed E-state index contributed by atoms with van der Waals surface area (Å²) in [5.74, 6) is 1.94. The fourth-order valence-corrected chi connectivity index (χ4v) is 5.22. The van der Waals surface area contributed by atoms with Crippen LogP contribution in [0.25, 0.3) is 0 Å². The highest BCUT2D eigenvalue weighted by Crippen LogP contribution is 2.53. The van der Waals surface area contributed by atoms with Gasteiger partial charge in [-0.1, -0.05) is 58.3 Å². The van der Waals surface area contributed by atoms with E-state index in [2.05, 4.69) is 6.92 Å². The Morgan fingerprint density at radius 1 is 1.00 bits per heavy atom. The van der Waals surface area contributed by atoms with E-state index in [1.165, 1.54) is 83.5 Å². The summed E-state index contributed by atoms with van der Waals surface area (Å²) >= 11 is 0. The first-order chi connectivity index (χ1) is 9.71. The summed E-state index contributed by atoms with van der Waals surface area (Å²) in [5.41, 5.74) is 0.0758. The predicted octanol–water partition coefficient (Wildman–Crippen LogP) is 5.91. The first kappa shape index (κ1) is 16.0. The Hall–Kier alpha value is -0.330. The molecule has 2 fully saturated rings. The van der Waals surface area contributed by atoms with Crippen molar-refractivity contribution in [3.05, 3.63) is 0 Å². The third kappa shape index (κ3) is 3.28. The van der Waals surface area contributed by atoms with Crippen molar-refractivity contribution in [3.63, 3.8) is 0 Å². The van der Waals surface area contributed by atoms with E-state index in [4.69, 9.17) is 0 Å². The summed E-state index contributed by atoms with van der Waals surface area (Å²) in [5, 5.41) is 0. The van der Waals surface area contributed by atoms with Gasteiger partial charge in [0, 0.05) is 5.41 Å². The molecule has 2 atom stereocenters. The second kappa shape index (κ2) is 7.61. The van der Waals surface area contributed by atoms with E-state index in [0.717, 1.165) is 0 Å². The zero-order valence-corrected chi connectivity index (χ0v) is 13.8. The van der Waals surface area contributed by atoms with Crippen LogP contribution in [0.3, 0.4) is 0 Å². The van der Waals surface area contributed by atoms with Gasteiger partial charge in [0.2, 0.25) is 0 Å². The predicted molar refractivity (Wildman–Crippen MR) is 85.8 cm³/mol. The summed E-state index contributed by atoms with van der Waals surface area (Å²) in [6, 6.07) is 0. The molecule has 2 aliphatic carbocycles. The Kier molecular flexibility index (Phi) is 6.11. The minimum Gasteiger partial charge on any atom is -0.299 e. The highest BCUT2D eigenvalue weighted by atomic mass is 16.1. The van der Waals surface area contributed by atoms with E-state index in [0.29, 0.717) is 17.6 Å². The lowest BCUT2D eigenvalue weighted by molar-refractivity contribution is -0.139. The van der Waals surface area contributed by atoms with Gasteiger partial charge >= 0.3 is 0 Å². The molecule has 2 rings (SSSR count). The number of hydrogen-bond acceptors (Lipinski definition) is 1. The van der Waals surface area contributed by atoms with Crippen LogP contribution in [0.1, 0.15) is 97.3 Å². The van der Waals surface area contributed by atoms with Crippen LogP contribution in [-0.4, -0.2) is 5.78 Å². The lowest BCUT2D eigenvalue weighted by Crippen LogP contribution is -2.46. The van der Waals surface area contributed by atoms with Crippen molar-refractivity contribution < 1.29 is 4.79 Å². The lowest BCUT2D eigenvalue weighted by Gasteiger charge is -2.49. The molecule has 0 radical (unpaired) electrons. The van der Waals surface area contributed by atoms with Crippen molar-refractivity contribution in [1.29, 1.82) is 0 Å². The Morgan fingerprint density at radius 3 is 2.35 bits per heavy atom. The molecule has 0 spiro atoms. The second-order valence-corrected chi connectivity index (χ2v) is 7.37. The smallest absolute Gasteiger partial charge is 0.136 e. The zero-order chi connectivity index (χ0) is 14.4. The van der Waals surface area contributed by atoms with Gasteiger partial charge in [-0.15, -0.1) is 0 Å². The number of hydrogen-bond donors (Lipinski definition) is 0. The topological polar surface area (TPSA) is 17.1 Å². The maximum atomic E-state index is 12.7. The molecule has 2 unspecified atom stereocenters. The van der Waals surface area contributed by atoms with Crippen molar-refractivity contribution >= 4 is 5.78 Å². The molecule has 1 nitrogen and oxygen atoms in total.